The maximum Gasteiger partial charge on any atom is 0.274 e. The zero-order chi connectivity index (χ0) is 17.0. The van der Waals surface area contributed by atoms with E-state index >= 15 is 0 Å². The van der Waals surface area contributed by atoms with Gasteiger partial charge >= 0.3 is 0 Å². The summed E-state index contributed by atoms with van der Waals surface area (Å²) >= 11 is 1.52. The highest BCUT2D eigenvalue weighted by Gasteiger charge is 2.56. The van der Waals surface area contributed by atoms with Gasteiger partial charge < -0.3 is 10.6 Å². The van der Waals surface area contributed by atoms with Crippen molar-refractivity contribution in [1.29, 1.82) is 0 Å². The molecule has 2 heterocycles. The Bertz CT molecular complexity index is 845. The molecule has 2 fully saturated rings. The van der Waals surface area contributed by atoms with Gasteiger partial charge in [0.25, 0.3) is 5.91 Å². The second-order valence-electron chi connectivity index (χ2n) is 6.69. The number of likely N-dealkylation sites (tertiary alicyclic amines) is 1. The molecule has 1 saturated carbocycles. The maximum atomic E-state index is 13.1. The van der Waals surface area contributed by atoms with Crippen LogP contribution in [-0.2, 0) is 4.79 Å². The Hall–Kier alpha value is -2.21. The van der Waals surface area contributed by atoms with E-state index in [2.05, 4.69) is 4.98 Å². The van der Waals surface area contributed by atoms with E-state index in [-0.39, 0.29) is 11.8 Å². The molecule has 24 heavy (non-hydrogen) atoms. The number of hydrogen-bond donors (Lipinski definition) is 1. The van der Waals surface area contributed by atoms with Crippen LogP contribution in [0.15, 0.2) is 24.3 Å². The number of nitrogens with zero attached hydrogens (tertiary/aromatic N) is 2. The first-order chi connectivity index (χ1) is 11.5. The number of thiazole rings is 1. The molecule has 0 bridgehead atoms. The molecule has 0 radical (unpaired) electrons. The summed E-state index contributed by atoms with van der Waals surface area (Å²) in [7, 11) is 0. The Labute approximate surface area is 144 Å². The average Bonchev–Trinajstić information content (AvgIpc) is 3.02. The smallest absolute Gasteiger partial charge is 0.274 e. The van der Waals surface area contributed by atoms with Gasteiger partial charge in [-0.25, -0.2) is 4.98 Å². The highest BCUT2D eigenvalue weighted by molar-refractivity contribution is 7.15. The van der Waals surface area contributed by atoms with E-state index in [0.717, 1.165) is 27.4 Å². The number of hydrogen-bond acceptors (Lipinski definition) is 4. The molecule has 124 valence electrons. The van der Waals surface area contributed by atoms with Gasteiger partial charge in [-0.3, -0.25) is 9.59 Å². The third kappa shape index (κ3) is 2.33. The van der Waals surface area contributed by atoms with Crippen LogP contribution in [0.3, 0.4) is 0 Å². The van der Waals surface area contributed by atoms with Gasteiger partial charge in [-0.1, -0.05) is 24.3 Å². The number of benzene rings is 1. The van der Waals surface area contributed by atoms with E-state index in [1.807, 2.05) is 38.1 Å². The number of nitrogens with two attached hydrogens (primary N) is 1. The Morgan fingerprint density at radius 1 is 1.29 bits per heavy atom. The van der Waals surface area contributed by atoms with Crippen molar-refractivity contribution in [2.75, 3.05) is 6.54 Å². The molecule has 2 N–H and O–H groups in total. The van der Waals surface area contributed by atoms with Crippen LogP contribution in [0.25, 0.3) is 10.4 Å². The van der Waals surface area contributed by atoms with Gasteiger partial charge in [0.1, 0.15) is 11.7 Å². The number of amides is 2. The third-order valence-corrected chi connectivity index (χ3v) is 6.03. The van der Waals surface area contributed by atoms with Crippen LogP contribution in [0, 0.1) is 25.7 Å². The van der Waals surface area contributed by atoms with Crippen molar-refractivity contribution in [3.05, 3.63) is 40.5 Å². The molecule has 3 atom stereocenters. The first-order valence-electron chi connectivity index (χ1n) is 8.11. The summed E-state index contributed by atoms with van der Waals surface area (Å²) in [5, 5.41) is 0.844. The number of piperidine rings is 1. The molecular formula is C18H19N3O2S. The number of carbonyl (C=O) groups is 2. The van der Waals surface area contributed by atoms with Gasteiger partial charge in [-0.2, -0.15) is 0 Å². The lowest BCUT2D eigenvalue weighted by Crippen LogP contribution is -2.46. The van der Waals surface area contributed by atoms with Crippen LogP contribution in [0.1, 0.15) is 27.5 Å². The van der Waals surface area contributed by atoms with Crippen molar-refractivity contribution >= 4 is 23.2 Å². The lowest BCUT2D eigenvalue weighted by molar-refractivity contribution is -0.122. The Balaban J connectivity index is 1.74. The number of aryl methyl sites for hydroxylation is 2. The number of fused-ring (bicyclic) bond motifs is 1. The molecule has 6 heteroatoms. The van der Waals surface area contributed by atoms with Crippen molar-refractivity contribution < 1.29 is 9.59 Å². The van der Waals surface area contributed by atoms with Crippen LogP contribution in [-0.4, -0.2) is 34.3 Å². The van der Waals surface area contributed by atoms with Crippen LogP contribution < -0.4 is 5.73 Å². The topological polar surface area (TPSA) is 76.3 Å². The Morgan fingerprint density at radius 2 is 2.04 bits per heavy atom. The van der Waals surface area contributed by atoms with E-state index in [9.17, 15) is 9.59 Å². The summed E-state index contributed by atoms with van der Waals surface area (Å²) < 4.78 is 0. The molecule has 2 amide bonds. The molecule has 1 aliphatic heterocycles. The zero-order valence-corrected chi connectivity index (χ0v) is 14.5. The van der Waals surface area contributed by atoms with E-state index < -0.39 is 11.9 Å². The van der Waals surface area contributed by atoms with Crippen molar-refractivity contribution in [1.82, 2.24) is 9.88 Å². The predicted molar refractivity (Wildman–Crippen MR) is 92.6 cm³/mol. The molecule has 0 unspecified atom stereocenters. The minimum Gasteiger partial charge on any atom is -0.368 e. The minimum atomic E-state index is -0.478. The summed E-state index contributed by atoms with van der Waals surface area (Å²) in [5.41, 5.74) is 8.12. The minimum absolute atomic E-state index is 0.173. The normalized spacial score (nSPS) is 24.8. The first-order valence-corrected chi connectivity index (χ1v) is 8.92. The van der Waals surface area contributed by atoms with Gasteiger partial charge in [0.2, 0.25) is 5.91 Å². The molecule has 1 aliphatic carbocycles. The van der Waals surface area contributed by atoms with E-state index in [4.69, 9.17) is 5.73 Å². The Morgan fingerprint density at radius 3 is 2.75 bits per heavy atom. The second kappa shape index (κ2) is 5.41. The van der Waals surface area contributed by atoms with Gasteiger partial charge in [0.05, 0.1) is 9.88 Å². The van der Waals surface area contributed by atoms with Crippen LogP contribution in [0.5, 0.6) is 0 Å². The molecule has 1 saturated heterocycles. The molecular weight excluding hydrogens is 322 g/mol. The molecule has 0 spiro atoms. The van der Waals surface area contributed by atoms with Crippen molar-refractivity contribution in [2.45, 2.75) is 26.3 Å². The fraction of sp³-hybridized carbons (Fsp3) is 0.389. The van der Waals surface area contributed by atoms with Gasteiger partial charge in [0, 0.05) is 6.54 Å². The standard InChI is InChI=1S/C18H19N3O2S/c1-9-5-3-4-6-12(9)16-14(20-10(2)24-16)18(23)21-8-11-7-13(11)15(21)17(19)22/h3-6,11,13,15H,7-8H2,1-2H3,(H2,19,22)/t11-,13+,15-/m0/s1. The average molecular weight is 341 g/mol. The van der Waals surface area contributed by atoms with Crippen LogP contribution >= 0.6 is 11.3 Å². The van der Waals surface area contributed by atoms with Gasteiger partial charge in [-0.15, -0.1) is 11.3 Å². The highest BCUT2D eigenvalue weighted by atomic mass is 32.1. The summed E-state index contributed by atoms with van der Waals surface area (Å²) in [6.07, 6.45) is 0.998. The highest BCUT2D eigenvalue weighted by Crippen LogP contribution is 2.50. The number of primary amides is 1. The monoisotopic (exact) mass is 341 g/mol. The van der Waals surface area contributed by atoms with E-state index in [1.165, 1.54) is 11.3 Å². The molecule has 2 aromatic rings. The predicted octanol–water partition coefficient (Wildman–Crippen LogP) is 2.37. The lowest BCUT2D eigenvalue weighted by Gasteiger charge is -2.24. The number of aromatic nitrogens is 1. The van der Waals surface area contributed by atoms with Crippen molar-refractivity contribution in [3.63, 3.8) is 0 Å². The second-order valence-corrected chi connectivity index (χ2v) is 7.89. The molecule has 1 aromatic heterocycles. The fourth-order valence-corrected chi connectivity index (χ4v) is 4.76. The summed E-state index contributed by atoms with van der Waals surface area (Å²) in [5.74, 6) is 0.0903. The molecule has 2 aliphatic rings. The van der Waals surface area contributed by atoms with Crippen molar-refractivity contribution in [2.24, 2.45) is 17.6 Å². The maximum absolute atomic E-state index is 13.1. The SMILES string of the molecule is Cc1nc(C(=O)N2C[C@@H]3C[C@H]3[C@H]2C(N)=O)c(-c2ccccc2C)s1. The van der Waals surface area contributed by atoms with Gasteiger partial charge in [-0.05, 0) is 43.2 Å². The fourth-order valence-electron chi connectivity index (χ4n) is 3.76. The lowest BCUT2D eigenvalue weighted by atomic mass is 10.1. The number of carbonyl (C=O) groups excluding carboxylic acids is 2. The first kappa shape index (κ1) is 15.3. The quantitative estimate of drug-likeness (QED) is 0.931. The largest absolute Gasteiger partial charge is 0.368 e. The van der Waals surface area contributed by atoms with E-state index in [0.29, 0.717) is 18.2 Å². The van der Waals surface area contributed by atoms with Gasteiger partial charge in [0.15, 0.2) is 0 Å². The van der Waals surface area contributed by atoms with Crippen LogP contribution in [0.4, 0.5) is 0 Å². The summed E-state index contributed by atoms with van der Waals surface area (Å²) in [6, 6.07) is 7.49. The van der Waals surface area contributed by atoms with Crippen molar-refractivity contribution in [3.8, 4) is 10.4 Å². The molecule has 1 aromatic carbocycles. The summed E-state index contributed by atoms with van der Waals surface area (Å²) in [6.45, 7) is 4.53. The Kier molecular flexibility index (Phi) is 3.46. The summed E-state index contributed by atoms with van der Waals surface area (Å²) in [4.78, 5) is 31.9. The van der Waals surface area contributed by atoms with Crippen LogP contribution in [0.2, 0.25) is 0 Å². The molecule has 4 rings (SSSR count). The number of rotatable bonds is 3. The third-order valence-electron chi connectivity index (χ3n) is 5.03. The zero-order valence-electron chi connectivity index (χ0n) is 13.7. The molecule has 5 nitrogen and oxygen atoms in total. The van der Waals surface area contributed by atoms with E-state index in [1.54, 1.807) is 4.90 Å².